The van der Waals surface area contributed by atoms with Crippen LogP contribution >= 0.6 is 11.6 Å². The molecule has 2 aliphatic rings. The Kier molecular flexibility index (Phi) is 31.0. The van der Waals surface area contributed by atoms with Crippen molar-refractivity contribution >= 4 is 116 Å². The number of nitrogens with zero attached hydrogens (tertiary/aromatic N) is 8. The Morgan fingerprint density at radius 1 is 0.792 bits per heavy atom. The first-order chi connectivity index (χ1) is 51.0. The maximum absolute atomic E-state index is 14.8. The van der Waals surface area contributed by atoms with E-state index < -0.39 is 83.4 Å². The van der Waals surface area contributed by atoms with Crippen LogP contribution < -0.4 is 42.4 Å². The van der Waals surface area contributed by atoms with Gasteiger partial charge in [0.15, 0.2) is 11.5 Å². The third-order valence-electron chi connectivity index (χ3n) is 17.1. The lowest BCUT2D eigenvalue weighted by Crippen LogP contribution is -2.46. The van der Waals surface area contributed by atoms with E-state index in [0.29, 0.717) is 86.0 Å². The fraction of sp³-hybridized carbons (Fsp3) is 0.465. The molecule has 0 saturated carbocycles. The number of aromatic amines is 1. The number of pyridine rings is 1. The van der Waals surface area contributed by atoms with Gasteiger partial charge in [-0.2, -0.15) is 0 Å². The molecule has 5 heterocycles. The second-order valence-electron chi connectivity index (χ2n) is 25.2. The molecule has 0 saturated heterocycles. The summed E-state index contributed by atoms with van der Waals surface area (Å²) in [6, 6.07) is 15.0. The van der Waals surface area contributed by atoms with Crippen LogP contribution in [-0.2, 0) is 70.3 Å². The summed E-state index contributed by atoms with van der Waals surface area (Å²) in [5.74, 6) is -4.67. The molecule has 8 rings (SSSR count). The Balaban J connectivity index is 0.849. The quantitative estimate of drug-likeness (QED) is 0.0140. The van der Waals surface area contributed by atoms with Crippen LogP contribution in [0.2, 0.25) is 0 Å². The number of carbonyl (C=O) groups is 11. The van der Waals surface area contributed by atoms with Crippen molar-refractivity contribution in [3.8, 4) is 5.75 Å². The van der Waals surface area contributed by atoms with Crippen molar-refractivity contribution in [3.05, 3.63) is 113 Å². The summed E-state index contributed by atoms with van der Waals surface area (Å²) in [6.45, 7) is 8.35. The molecule has 9 N–H and O–H groups in total. The average Bonchev–Trinajstić information content (AvgIpc) is 1.54. The average molecular weight is 1490 g/mol. The predicted molar refractivity (Wildman–Crippen MR) is 386 cm³/mol. The molecule has 11 amide bonds. The zero-order valence-corrected chi connectivity index (χ0v) is 60.5. The number of rotatable bonds is 43. The van der Waals surface area contributed by atoms with E-state index in [0.717, 1.165) is 33.6 Å². The molecule has 3 aromatic carbocycles. The van der Waals surface area contributed by atoms with Gasteiger partial charge >= 0.3 is 24.3 Å². The standard InChI is InChI=1S/C71H90ClN15O19/c1-44(2)64(80-69(96)104-34-33-101-26-24-86-60(90)17-18-61(86)91)56(88)36-47(10-7-19-75-68(74)95)65(92)77-50-15-13-46(14-16-50)43-105-70(97)83(4)21-22-84(20-8-12-58(73)89)71(98)106-57-38-55-63(62-45(3)9-6-11-51(57)62)49(39-72)41-87(55)67(94)52-35-48-37-59(76-40-53(48)78-52)79-66(93)54-42-85(82-81-54)23-25-100-29-30-103-32-31-102-28-27-99-5/h6,9,11,13-18,35,37-38,40,42,44,47,49,64,78H,7-8,10,12,19-34,36,39,41,43H2,1-5H3,(H2,73,89)(H,77,92)(H,80,96)(H3,74,75,95)(H,76,79,93)/t47-,49-,64+/m1/s1. The summed E-state index contributed by atoms with van der Waals surface area (Å²) in [5.41, 5.74) is 14.5. The number of benzene rings is 3. The van der Waals surface area contributed by atoms with Crippen LogP contribution in [-0.4, -0.2) is 237 Å². The number of fused-ring (bicyclic) bond motifs is 4. The number of ether oxygens (including phenoxy) is 8. The maximum atomic E-state index is 14.8. The van der Waals surface area contributed by atoms with Crippen molar-refractivity contribution in [2.45, 2.75) is 78.0 Å². The Morgan fingerprint density at radius 3 is 2.18 bits per heavy atom. The third-order valence-corrected chi connectivity index (χ3v) is 17.5. The van der Waals surface area contributed by atoms with Crippen molar-refractivity contribution in [3.63, 3.8) is 0 Å². The Bertz CT molecular complexity index is 4090. The maximum Gasteiger partial charge on any atom is 0.415 e. The number of nitrogens with one attached hydrogen (secondary N) is 5. The molecule has 570 valence electrons. The predicted octanol–water partition coefficient (Wildman–Crippen LogP) is 5.54. The van der Waals surface area contributed by atoms with Gasteiger partial charge in [0.25, 0.3) is 23.6 Å². The Hall–Kier alpha value is -10.7. The van der Waals surface area contributed by atoms with Gasteiger partial charge in [0.2, 0.25) is 11.8 Å². The van der Waals surface area contributed by atoms with E-state index in [2.05, 4.69) is 41.5 Å². The molecule has 3 aromatic heterocycles. The minimum Gasteiger partial charge on any atom is -0.447 e. The number of ketones is 1. The van der Waals surface area contributed by atoms with Gasteiger partial charge < -0.3 is 90.3 Å². The lowest BCUT2D eigenvalue weighted by molar-refractivity contribution is -0.137. The summed E-state index contributed by atoms with van der Waals surface area (Å²) >= 11 is 6.69. The molecule has 3 atom stereocenters. The number of amides is 11. The highest BCUT2D eigenvalue weighted by Crippen LogP contribution is 2.47. The van der Waals surface area contributed by atoms with Gasteiger partial charge in [-0.05, 0) is 78.4 Å². The molecule has 35 heteroatoms. The van der Waals surface area contributed by atoms with Crippen molar-refractivity contribution in [2.75, 3.05) is 141 Å². The van der Waals surface area contributed by atoms with Gasteiger partial charge in [-0.15, -0.1) is 16.7 Å². The second-order valence-corrected chi connectivity index (χ2v) is 25.5. The normalized spacial score (nSPS) is 13.7. The molecule has 106 heavy (non-hydrogen) atoms. The molecule has 2 aliphatic heterocycles. The first-order valence-electron chi connectivity index (χ1n) is 34.5. The summed E-state index contributed by atoms with van der Waals surface area (Å²) in [6.07, 6.45) is 3.05. The van der Waals surface area contributed by atoms with E-state index in [1.54, 1.807) is 74.4 Å². The molecule has 0 radical (unpaired) electrons. The van der Waals surface area contributed by atoms with Gasteiger partial charge in [-0.25, -0.2) is 28.8 Å². The number of urea groups is 1. The monoisotopic (exact) mass is 1490 g/mol. The van der Waals surface area contributed by atoms with Gasteiger partial charge in [-0.1, -0.05) is 49.4 Å². The highest BCUT2D eigenvalue weighted by atomic mass is 35.5. The molecular weight excluding hydrogens is 1400 g/mol. The van der Waals surface area contributed by atoms with E-state index in [4.69, 9.17) is 61.0 Å². The van der Waals surface area contributed by atoms with Gasteiger partial charge in [0, 0.05) is 112 Å². The molecule has 0 fully saturated rings. The number of alkyl halides is 1. The molecule has 0 unspecified atom stereocenters. The third kappa shape index (κ3) is 23.7. The number of anilines is 3. The minimum absolute atomic E-state index is 0.00272. The number of aromatic nitrogens is 5. The highest BCUT2D eigenvalue weighted by molar-refractivity contribution is 6.20. The fourth-order valence-corrected chi connectivity index (χ4v) is 11.8. The number of hydrogen-bond acceptors (Lipinski definition) is 22. The molecule has 0 aliphatic carbocycles. The number of H-pyrrole nitrogens is 1. The zero-order chi connectivity index (χ0) is 76.2. The van der Waals surface area contributed by atoms with Crippen molar-refractivity contribution in [2.24, 2.45) is 23.3 Å². The molecule has 6 aromatic rings. The topological polar surface area (TPSA) is 434 Å². The van der Waals surface area contributed by atoms with E-state index in [1.807, 2.05) is 19.1 Å². The molecule has 0 bridgehead atoms. The zero-order valence-electron chi connectivity index (χ0n) is 59.7. The molecule has 0 spiro atoms. The number of likely N-dealkylation sites (N-methyl/N-ethyl adjacent to an activating group) is 1. The lowest BCUT2D eigenvalue weighted by Gasteiger charge is -2.26. The number of primary amides is 2. The number of imide groups is 1. The number of hydrogen-bond donors (Lipinski definition) is 7. The minimum atomic E-state index is -1.05. The first kappa shape index (κ1) is 81.0. The van der Waals surface area contributed by atoms with E-state index >= 15 is 0 Å². The summed E-state index contributed by atoms with van der Waals surface area (Å²) < 4.78 is 45.4. The second kappa shape index (κ2) is 40.6. The molecule has 34 nitrogen and oxygen atoms in total. The summed E-state index contributed by atoms with van der Waals surface area (Å²) in [4.78, 5) is 156. The van der Waals surface area contributed by atoms with Crippen LogP contribution in [0.25, 0.3) is 21.7 Å². The number of halogens is 1. The van der Waals surface area contributed by atoms with Crippen LogP contribution in [0.4, 0.5) is 36.4 Å². The Morgan fingerprint density at radius 2 is 1.49 bits per heavy atom. The number of nitrogens with two attached hydrogens (primary N) is 2. The number of alkyl carbamates (subject to hydrolysis) is 1. The SMILES string of the molecule is COCCOCCOCCOCCn1cc(C(=O)Nc2cc3cc(C(=O)N4C[C@@H](CCl)c5c4cc(OC(=O)N(CCCC(N)=O)CCN(C)C(=O)OCc4ccc(NC(=O)[C@H](CCCNC(N)=O)CC(=O)[C@@H](NC(=O)OCCOCCN6C(=O)C=CC6=O)C(C)C)cc4)c4cccc(C)c54)[nH]c3cn2)nn1. The van der Waals surface area contributed by atoms with Gasteiger partial charge in [-0.3, -0.25) is 38.5 Å². The van der Waals surface area contributed by atoms with Crippen LogP contribution in [0.1, 0.15) is 89.5 Å². The number of Topliss-reactive ketones (excluding diaryl/α,β-unsaturated/α-hetero) is 1. The molecular formula is C71H90ClN15O19. The first-order valence-corrected chi connectivity index (χ1v) is 35.0. The lowest BCUT2D eigenvalue weighted by atomic mass is 9.89. The summed E-state index contributed by atoms with van der Waals surface area (Å²) in [5, 5.41) is 20.5. The van der Waals surface area contributed by atoms with E-state index in [1.165, 1.54) is 33.9 Å². The van der Waals surface area contributed by atoms with E-state index in [9.17, 15) is 52.7 Å². The van der Waals surface area contributed by atoms with Crippen molar-refractivity contribution in [1.82, 2.24) is 50.3 Å². The largest absolute Gasteiger partial charge is 0.447 e. The smallest absolute Gasteiger partial charge is 0.415 e. The van der Waals surface area contributed by atoms with Gasteiger partial charge in [0.1, 0.15) is 30.5 Å². The Labute approximate surface area is 615 Å². The van der Waals surface area contributed by atoms with Crippen LogP contribution in [0, 0.1) is 18.8 Å². The van der Waals surface area contributed by atoms with Gasteiger partial charge in [0.05, 0.1) is 102 Å². The van der Waals surface area contributed by atoms with Crippen molar-refractivity contribution in [1.29, 1.82) is 0 Å². The highest BCUT2D eigenvalue weighted by Gasteiger charge is 2.37. The number of carbonyl (C=O) groups excluding carboxylic acids is 11. The van der Waals surface area contributed by atoms with E-state index in [-0.39, 0.29) is 133 Å². The fourth-order valence-electron chi connectivity index (χ4n) is 11.6. The number of methoxy groups -OCH3 is 1. The van der Waals surface area contributed by atoms with Crippen LogP contribution in [0.5, 0.6) is 5.75 Å². The van der Waals surface area contributed by atoms with Crippen molar-refractivity contribution < 1.29 is 90.6 Å². The van der Waals surface area contributed by atoms with Crippen LogP contribution in [0.3, 0.4) is 0 Å². The number of aryl methyl sites for hydroxylation is 1. The van der Waals surface area contributed by atoms with Crippen LogP contribution in [0.15, 0.2) is 85.2 Å². The summed E-state index contributed by atoms with van der Waals surface area (Å²) in [7, 11) is 3.08.